The predicted molar refractivity (Wildman–Crippen MR) is 50.5 cm³/mol. The molecule has 0 unspecified atom stereocenters. The minimum absolute atomic E-state index is 0.114. The van der Waals surface area contributed by atoms with E-state index in [0.29, 0.717) is 0 Å². The van der Waals surface area contributed by atoms with Crippen LogP contribution in [0.3, 0.4) is 0 Å². The monoisotopic (exact) mass is 219 g/mol. The first-order valence-electron chi connectivity index (χ1n) is 4.34. The number of halogens is 3. The number of benzene rings is 1. The van der Waals surface area contributed by atoms with Crippen molar-refractivity contribution in [2.45, 2.75) is 12.7 Å². The van der Waals surface area contributed by atoms with E-state index in [1.165, 1.54) is 0 Å². The molecule has 1 aromatic carbocycles. The Morgan fingerprint density at radius 3 is 2.33 bits per heavy atom. The van der Waals surface area contributed by atoms with Crippen LogP contribution in [0, 0.1) is 0 Å². The maximum atomic E-state index is 12.3. The molecule has 2 nitrogen and oxygen atoms in total. The van der Waals surface area contributed by atoms with Crippen molar-refractivity contribution in [3.05, 3.63) is 29.3 Å². The summed E-state index contributed by atoms with van der Waals surface area (Å²) in [6, 6.07) is 2.91. The van der Waals surface area contributed by atoms with Crippen molar-refractivity contribution >= 4 is 0 Å². The van der Waals surface area contributed by atoms with Gasteiger partial charge in [-0.25, -0.2) is 0 Å². The average molecular weight is 219 g/mol. The molecule has 84 valence electrons. The number of hydrogen-bond acceptors (Lipinski definition) is 2. The molecule has 0 aliphatic carbocycles. The third-order valence-corrected chi connectivity index (χ3v) is 1.89. The van der Waals surface area contributed by atoms with Crippen LogP contribution in [0.5, 0.6) is 5.75 Å². The van der Waals surface area contributed by atoms with Crippen molar-refractivity contribution in [2.75, 3.05) is 14.1 Å². The van der Waals surface area contributed by atoms with Crippen molar-refractivity contribution in [1.82, 2.24) is 4.90 Å². The topological polar surface area (TPSA) is 23.5 Å². The van der Waals surface area contributed by atoms with Gasteiger partial charge in [0.1, 0.15) is 5.75 Å². The van der Waals surface area contributed by atoms with Gasteiger partial charge in [0.25, 0.3) is 0 Å². The second kappa shape index (κ2) is 4.10. The Balaban J connectivity index is 3.06. The summed E-state index contributed by atoms with van der Waals surface area (Å²) in [7, 11) is 3.44. The molecule has 0 saturated heterocycles. The van der Waals surface area contributed by atoms with Crippen LogP contribution in [-0.4, -0.2) is 24.1 Å². The number of rotatable bonds is 2. The van der Waals surface area contributed by atoms with Gasteiger partial charge in [-0.05, 0) is 32.3 Å². The smallest absolute Gasteiger partial charge is 0.416 e. The molecular formula is C10H12F3NO. The maximum absolute atomic E-state index is 12.3. The van der Waals surface area contributed by atoms with Crippen LogP contribution in [0.1, 0.15) is 11.1 Å². The molecule has 1 N–H and O–H groups in total. The largest absolute Gasteiger partial charge is 0.508 e. The van der Waals surface area contributed by atoms with Crippen LogP contribution in [-0.2, 0) is 12.7 Å². The van der Waals surface area contributed by atoms with E-state index in [1.807, 2.05) is 0 Å². The average Bonchev–Trinajstić information content (AvgIpc) is 2.06. The highest BCUT2D eigenvalue weighted by atomic mass is 19.4. The van der Waals surface area contributed by atoms with E-state index < -0.39 is 11.7 Å². The quantitative estimate of drug-likeness (QED) is 0.825. The molecule has 15 heavy (non-hydrogen) atoms. The van der Waals surface area contributed by atoms with E-state index in [0.717, 1.165) is 18.2 Å². The van der Waals surface area contributed by atoms with Crippen LogP contribution in [0.15, 0.2) is 18.2 Å². The number of phenolic OH excluding ortho intramolecular Hbond substituents is 1. The van der Waals surface area contributed by atoms with Gasteiger partial charge in [-0.15, -0.1) is 0 Å². The van der Waals surface area contributed by atoms with Gasteiger partial charge >= 0.3 is 6.18 Å². The van der Waals surface area contributed by atoms with Gasteiger partial charge in [-0.1, -0.05) is 0 Å². The van der Waals surface area contributed by atoms with Crippen molar-refractivity contribution in [1.29, 1.82) is 0 Å². The van der Waals surface area contributed by atoms with Crippen molar-refractivity contribution in [3.8, 4) is 5.75 Å². The molecule has 0 spiro atoms. The highest BCUT2D eigenvalue weighted by Gasteiger charge is 2.30. The Kier molecular flexibility index (Phi) is 3.24. The van der Waals surface area contributed by atoms with Crippen molar-refractivity contribution in [2.24, 2.45) is 0 Å². The first kappa shape index (κ1) is 11.8. The lowest BCUT2D eigenvalue weighted by molar-refractivity contribution is -0.137. The summed E-state index contributed by atoms with van der Waals surface area (Å²) in [6.45, 7) is 0.274. The van der Waals surface area contributed by atoms with E-state index in [-0.39, 0.29) is 17.9 Å². The second-order valence-corrected chi connectivity index (χ2v) is 3.58. The number of nitrogens with zero attached hydrogens (tertiary/aromatic N) is 1. The molecule has 0 atom stereocenters. The molecule has 1 aromatic rings. The Morgan fingerprint density at radius 2 is 1.87 bits per heavy atom. The summed E-state index contributed by atoms with van der Waals surface area (Å²) in [4.78, 5) is 1.69. The summed E-state index contributed by atoms with van der Waals surface area (Å²) in [5, 5.41) is 9.36. The number of alkyl halides is 3. The number of phenols is 1. The zero-order valence-corrected chi connectivity index (χ0v) is 8.47. The Bertz CT molecular complexity index is 347. The Labute approximate surface area is 85.9 Å². The van der Waals surface area contributed by atoms with Crippen LogP contribution < -0.4 is 0 Å². The van der Waals surface area contributed by atoms with Crippen molar-refractivity contribution < 1.29 is 18.3 Å². The van der Waals surface area contributed by atoms with E-state index in [2.05, 4.69) is 0 Å². The zero-order chi connectivity index (χ0) is 11.6. The summed E-state index contributed by atoms with van der Waals surface area (Å²) < 4.78 is 37.0. The Hall–Kier alpha value is -1.23. The number of aromatic hydroxyl groups is 1. The van der Waals surface area contributed by atoms with Crippen LogP contribution in [0.25, 0.3) is 0 Å². The fraction of sp³-hybridized carbons (Fsp3) is 0.400. The summed E-state index contributed by atoms with van der Waals surface area (Å²) >= 11 is 0. The fourth-order valence-corrected chi connectivity index (χ4v) is 1.23. The molecule has 0 fully saturated rings. The summed E-state index contributed by atoms with van der Waals surface area (Å²) in [6.07, 6.45) is -4.37. The summed E-state index contributed by atoms with van der Waals surface area (Å²) in [5.41, 5.74) is -0.466. The first-order valence-corrected chi connectivity index (χ1v) is 4.34. The van der Waals surface area contributed by atoms with Gasteiger partial charge < -0.3 is 10.0 Å². The van der Waals surface area contributed by atoms with Gasteiger partial charge in [0.15, 0.2) is 0 Å². The van der Waals surface area contributed by atoms with E-state index in [4.69, 9.17) is 0 Å². The van der Waals surface area contributed by atoms with Gasteiger partial charge in [-0.3, -0.25) is 0 Å². The maximum Gasteiger partial charge on any atom is 0.416 e. The molecule has 0 amide bonds. The molecule has 1 rings (SSSR count). The lowest BCUT2D eigenvalue weighted by atomic mass is 10.1. The van der Waals surface area contributed by atoms with Crippen molar-refractivity contribution in [3.63, 3.8) is 0 Å². The zero-order valence-electron chi connectivity index (χ0n) is 8.47. The molecule has 0 aromatic heterocycles. The second-order valence-electron chi connectivity index (χ2n) is 3.58. The molecular weight excluding hydrogens is 207 g/mol. The highest BCUT2D eigenvalue weighted by Crippen LogP contribution is 2.32. The molecule has 0 aliphatic rings. The van der Waals surface area contributed by atoms with Crippen LogP contribution in [0.4, 0.5) is 13.2 Å². The number of hydrogen-bond donors (Lipinski definition) is 1. The molecule has 0 aliphatic heterocycles. The minimum Gasteiger partial charge on any atom is -0.508 e. The van der Waals surface area contributed by atoms with Gasteiger partial charge in [0.05, 0.1) is 5.56 Å². The molecule has 5 heteroatoms. The van der Waals surface area contributed by atoms with Crippen LogP contribution in [0.2, 0.25) is 0 Å². The fourth-order valence-electron chi connectivity index (χ4n) is 1.23. The van der Waals surface area contributed by atoms with E-state index in [9.17, 15) is 18.3 Å². The third kappa shape index (κ3) is 3.13. The normalized spacial score (nSPS) is 12.1. The SMILES string of the molecule is CN(C)Cc1cc(C(F)(F)F)ccc1O. The van der Waals surface area contributed by atoms with E-state index >= 15 is 0 Å². The van der Waals surface area contributed by atoms with Gasteiger partial charge in [0.2, 0.25) is 0 Å². The predicted octanol–water partition coefficient (Wildman–Crippen LogP) is 2.47. The molecule has 0 saturated carbocycles. The lowest BCUT2D eigenvalue weighted by Gasteiger charge is -2.13. The lowest BCUT2D eigenvalue weighted by Crippen LogP contribution is -2.12. The molecule has 0 bridgehead atoms. The highest BCUT2D eigenvalue weighted by molar-refractivity contribution is 5.37. The van der Waals surface area contributed by atoms with Crippen LogP contribution >= 0.6 is 0 Å². The first-order chi connectivity index (χ1) is 6.80. The van der Waals surface area contributed by atoms with Gasteiger partial charge in [0, 0.05) is 12.1 Å². The third-order valence-electron chi connectivity index (χ3n) is 1.89. The standard InChI is InChI=1S/C10H12F3NO/c1-14(2)6-7-5-8(10(11,12)13)3-4-9(7)15/h3-5,15H,6H2,1-2H3. The molecule has 0 radical (unpaired) electrons. The van der Waals surface area contributed by atoms with Gasteiger partial charge in [-0.2, -0.15) is 13.2 Å². The van der Waals surface area contributed by atoms with E-state index in [1.54, 1.807) is 19.0 Å². The molecule has 0 heterocycles. The Morgan fingerprint density at radius 1 is 1.27 bits per heavy atom. The minimum atomic E-state index is -4.37. The summed E-state index contributed by atoms with van der Waals surface area (Å²) in [5.74, 6) is -0.114.